The molecule has 1 aromatic carbocycles. The van der Waals surface area contributed by atoms with Crippen molar-refractivity contribution in [3.05, 3.63) is 28.7 Å². The molecule has 2 atom stereocenters. The van der Waals surface area contributed by atoms with E-state index in [9.17, 15) is 13.2 Å². The highest BCUT2D eigenvalue weighted by molar-refractivity contribution is 9.10. The van der Waals surface area contributed by atoms with Crippen LogP contribution in [0.1, 0.15) is 32.1 Å². The molecule has 1 N–H and O–H groups in total. The maximum atomic E-state index is 12.0. The van der Waals surface area contributed by atoms with Crippen molar-refractivity contribution in [3.63, 3.8) is 0 Å². The lowest BCUT2D eigenvalue weighted by Crippen LogP contribution is -2.49. The van der Waals surface area contributed by atoms with E-state index in [4.69, 9.17) is 8.92 Å². The van der Waals surface area contributed by atoms with Crippen molar-refractivity contribution in [2.24, 2.45) is 5.92 Å². The number of fused-ring (bicyclic) bond motifs is 1. The lowest BCUT2D eigenvalue weighted by molar-refractivity contribution is 0.0244. The van der Waals surface area contributed by atoms with Crippen LogP contribution in [0.3, 0.4) is 0 Å². The number of carbonyl (C=O) groups is 1. The van der Waals surface area contributed by atoms with Gasteiger partial charge in [-0.1, -0.05) is 18.6 Å². The molecule has 7 nitrogen and oxygen atoms in total. The monoisotopic (exact) mass is 446 g/mol. The molecule has 2 fully saturated rings. The van der Waals surface area contributed by atoms with Crippen LogP contribution in [0.4, 0.5) is 4.79 Å². The molecular weight excluding hydrogens is 424 g/mol. The molecule has 9 heteroatoms. The van der Waals surface area contributed by atoms with Gasteiger partial charge in [-0.15, -0.1) is 0 Å². The summed E-state index contributed by atoms with van der Waals surface area (Å²) in [7, 11) is -4.30. The van der Waals surface area contributed by atoms with Crippen LogP contribution in [0, 0.1) is 5.92 Å². The first kappa shape index (κ1) is 19.4. The lowest BCUT2D eigenvalue weighted by atomic mass is 9.84. The molecule has 2 aliphatic heterocycles. The molecule has 26 heavy (non-hydrogen) atoms. The highest BCUT2D eigenvalue weighted by atomic mass is 79.9. The topological polar surface area (TPSA) is 84.9 Å². The minimum atomic E-state index is -4.30. The second-order valence-electron chi connectivity index (χ2n) is 6.67. The minimum absolute atomic E-state index is 0.0953. The van der Waals surface area contributed by atoms with Gasteiger partial charge in [0.25, 0.3) is 0 Å². The summed E-state index contributed by atoms with van der Waals surface area (Å²) in [5, 5.41) is 0. The molecule has 2 saturated heterocycles. The number of hydrogen-bond donors (Lipinski definition) is 1. The number of benzene rings is 1. The summed E-state index contributed by atoms with van der Waals surface area (Å²) in [6, 6.07) is 6.91. The first-order chi connectivity index (χ1) is 12.4. The molecule has 3 rings (SSSR count). The number of piperidine rings is 2. The Bertz CT molecular complexity index is 740. The van der Waals surface area contributed by atoms with Gasteiger partial charge < -0.3 is 8.92 Å². The summed E-state index contributed by atoms with van der Waals surface area (Å²) in [5.41, 5.74) is 0. The molecule has 0 radical (unpaired) electrons. The fourth-order valence-corrected chi connectivity index (χ4v) is 4.90. The summed E-state index contributed by atoms with van der Waals surface area (Å²) < 4.78 is 36.3. The molecule has 0 bridgehead atoms. The molecule has 144 valence electrons. The van der Waals surface area contributed by atoms with Crippen LogP contribution in [0.25, 0.3) is 0 Å². The van der Waals surface area contributed by atoms with Gasteiger partial charge in [0.1, 0.15) is 0 Å². The van der Waals surface area contributed by atoms with E-state index in [1.165, 1.54) is 18.9 Å². The quantitative estimate of drug-likeness (QED) is 0.747. The fourth-order valence-electron chi connectivity index (χ4n) is 3.74. The van der Waals surface area contributed by atoms with E-state index in [0.29, 0.717) is 10.5 Å². The van der Waals surface area contributed by atoms with Crippen molar-refractivity contribution in [1.82, 2.24) is 9.62 Å². The van der Waals surface area contributed by atoms with Crippen LogP contribution >= 0.6 is 15.9 Å². The smallest absolute Gasteiger partial charge is 0.423 e. The van der Waals surface area contributed by atoms with Crippen LogP contribution in [0.15, 0.2) is 28.7 Å². The van der Waals surface area contributed by atoms with Gasteiger partial charge in [-0.25, -0.2) is 4.79 Å². The van der Waals surface area contributed by atoms with Crippen LogP contribution in [-0.2, 0) is 15.0 Å². The van der Waals surface area contributed by atoms with Gasteiger partial charge in [0, 0.05) is 12.0 Å². The van der Waals surface area contributed by atoms with E-state index in [2.05, 4.69) is 20.8 Å². The number of hydrogen-bond acceptors (Lipinski definition) is 6. The van der Waals surface area contributed by atoms with Crippen LogP contribution in [0.5, 0.6) is 5.75 Å². The zero-order valence-electron chi connectivity index (χ0n) is 14.4. The standard InChI is InChI=1S/C17H23BrN2O5S/c18-14-7-1-2-9-16(14)25-26(22,23)19-17(21)24-12-13-6-5-11-20-10-4-3-8-15(13)20/h1-2,7,9,13,15H,3-6,8,10-12H2,(H,19,21)/t13-,15+/m0/s1. The van der Waals surface area contributed by atoms with Gasteiger partial charge in [-0.05, 0) is 66.8 Å². The predicted molar refractivity (Wildman–Crippen MR) is 100 cm³/mol. The fraction of sp³-hybridized carbons (Fsp3) is 0.588. The Hall–Kier alpha value is -1.32. The number of halogens is 1. The summed E-state index contributed by atoms with van der Waals surface area (Å²) in [5.74, 6) is 0.347. The number of ether oxygens (including phenoxy) is 1. The third-order valence-electron chi connectivity index (χ3n) is 4.90. The first-order valence-electron chi connectivity index (χ1n) is 8.82. The van der Waals surface area contributed by atoms with Gasteiger partial charge in [-0.2, -0.15) is 13.1 Å². The average Bonchev–Trinajstić information content (AvgIpc) is 2.61. The Labute approximate surface area is 162 Å². The Morgan fingerprint density at radius 2 is 1.96 bits per heavy atom. The van der Waals surface area contributed by atoms with Gasteiger partial charge in [0.15, 0.2) is 5.75 Å². The summed E-state index contributed by atoms with van der Waals surface area (Å²) >= 11 is 3.19. The second-order valence-corrected chi connectivity index (χ2v) is 8.80. The lowest BCUT2D eigenvalue weighted by Gasteiger charge is -2.44. The third-order valence-corrected chi connectivity index (χ3v) is 6.37. The molecule has 1 amide bonds. The SMILES string of the molecule is O=C(NS(=O)(=O)Oc1ccccc1Br)OC[C@@H]1CCCN2CCCC[C@H]12. The van der Waals surface area contributed by atoms with Crippen LogP contribution in [0.2, 0.25) is 0 Å². The maximum Gasteiger partial charge on any atom is 0.423 e. The van der Waals surface area contributed by atoms with Gasteiger partial charge >= 0.3 is 16.4 Å². The molecule has 0 aromatic heterocycles. The highest BCUT2D eigenvalue weighted by Gasteiger charge is 2.33. The maximum absolute atomic E-state index is 12.0. The molecule has 0 aliphatic carbocycles. The normalized spacial score (nSPS) is 23.7. The van der Waals surface area contributed by atoms with E-state index in [0.717, 1.165) is 32.4 Å². The second kappa shape index (κ2) is 8.58. The van der Waals surface area contributed by atoms with E-state index in [1.807, 2.05) is 0 Å². The number of carbonyl (C=O) groups excluding carboxylic acids is 1. The third kappa shape index (κ3) is 5.11. The van der Waals surface area contributed by atoms with Crippen molar-refractivity contribution in [2.45, 2.75) is 38.1 Å². The van der Waals surface area contributed by atoms with Gasteiger partial charge in [0.2, 0.25) is 0 Å². The number of nitrogens with zero attached hydrogens (tertiary/aromatic N) is 1. The Morgan fingerprint density at radius 3 is 2.77 bits per heavy atom. The van der Waals surface area contributed by atoms with E-state index >= 15 is 0 Å². The zero-order chi connectivity index (χ0) is 18.6. The molecule has 0 unspecified atom stereocenters. The molecule has 0 spiro atoms. The molecule has 1 aromatic rings. The predicted octanol–water partition coefficient (Wildman–Crippen LogP) is 3.06. The summed E-state index contributed by atoms with van der Waals surface area (Å²) in [6.07, 6.45) is 4.58. The Balaban J connectivity index is 1.51. The molecule has 0 saturated carbocycles. The molecular formula is C17H23BrN2O5S. The van der Waals surface area contributed by atoms with Crippen molar-refractivity contribution in [1.29, 1.82) is 0 Å². The van der Waals surface area contributed by atoms with Gasteiger partial charge in [0.05, 0.1) is 11.1 Å². The highest BCUT2D eigenvalue weighted by Crippen LogP contribution is 2.31. The van der Waals surface area contributed by atoms with Crippen LogP contribution < -0.4 is 8.91 Å². The molecule has 2 heterocycles. The van der Waals surface area contributed by atoms with E-state index in [-0.39, 0.29) is 18.3 Å². The van der Waals surface area contributed by atoms with Crippen molar-refractivity contribution in [3.8, 4) is 5.75 Å². The largest absolute Gasteiger partial charge is 0.448 e. The number of amides is 1. The Kier molecular flexibility index (Phi) is 6.42. The summed E-state index contributed by atoms with van der Waals surface area (Å²) in [6.45, 7) is 2.42. The van der Waals surface area contributed by atoms with Crippen molar-refractivity contribution in [2.75, 3.05) is 19.7 Å². The first-order valence-corrected chi connectivity index (χ1v) is 11.0. The molecule has 2 aliphatic rings. The Morgan fingerprint density at radius 1 is 1.19 bits per heavy atom. The van der Waals surface area contributed by atoms with E-state index in [1.54, 1.807) is 22.9 Å². The van der Waals surface area contributed by atoms with Gasteiger partial charge in [-0.3, -0.25) is 4.90 Å². The van der Waals surface area contributed by atoms with Crippen LogP contribution in [-0.4, -0.2) is 45.1 Å². The number of para-hydroxylation sites is 1. The number of rotatable bonds is 5. The minimum Gasteiger partial charge on any atom is -0.448 e. The zero-order valence-corrected chi connectivity index (χ0v) is 16.8. The summed E-state index contributed by atoms with van der Waals surface area (Å²) in [4.78, 5) is 14.4. The van der Waals surface area contributed by atoms with Crippen molar-refractivity contribution >= 4 is 32.3 Å². The van der Waals surface area contributed by atoms with Crippen molar-refractivity contribution < 1.29 is 22.1 Å². The average molecular weight is 447 g/mol. The van der Waals surface area contributed by atoms with E-state index < -0.39 is 16.4 Å². The number of nitrogens with one attached hydrogen (secondary N) is 1.